The molecule has 0 aliphatic carbocycles. The molecular formula is C16H17N3. The molecule has 2 heterocycles. The van der Waals surface area contributed by atoms with Crippen LogP contribution in [0.3, 0.4) is 0 Å². The van der Waals surface area contributed by atoms with Crippen LogP contribution in [-0.4, -0.2) is 9.38 Å². The molecule has 3 rings (SSSR count). The quantitative estimate of drug-likeness (QED) is 0.758. The van der Waals surface area contributed by atoms with E-state index in [1.54, 1.807) is 0 Å². The standard InChI is InChI=1S/C16H17N3/c1-3-12-4-6-13(7-5-12)16-15-10-14(17)8-9-19(15)11(2)18-16/h4-10H,3,17H2,1-2H3. The fourth-order valence-electron chi connectivity index (χ4n) is 2.36. The van der Waals surface area contributed by atoms with Crippen molar-refractivity contribution in [1.82, 2.24) is 9.38 Å². The average Bonchev–Trinajstić information content (AvgIpc) is 2.75. The second-order valence-electron chi connectivity index (χ2n) is 4.77. The second-order valence-corrected chi connectivity index (χ2v) is 4.77. The lowest BCUT2D eigenvalue weighted by Crippen LogP contribution is -1.90. The van der Waals surface area contributed by atoms with Crippen LogP contribution in [0.5, 0.6) is 0 Å². The molecule has 2 aromatic heterocycles. The van der Waals surface area contributed by atoms with Crippen LogP contribution in [0.2, 0.25) is 0 Å². The molecular weight excluding hydrogens is 234 g/mol. The van der Waals surface area contributed by atoms with Gasteiger partial charge in [-0.1, -0.05) is 31.2 Å². The molecule has 0 aliphatic heterocycles. The molecule has 0 fully saturated rings. The molecule has 96 valence electrons. The van der Waals surface area contributed by atoms with Gasteiger partial charge >= 0.3 is 0 Å². The van der Waals surface area contributed by atoms with Crippen molar-refractivity contribution < 1.29 is 0 Å². The Morgan fingerprint density at radius 3 is 2.58 bits per heavy atom. The van der Waals surface area contributed by atoms with Gasteiger partial charge in [-0.3, -0.25) is 0 Å². The minimum absolute atomic E-state index is 0.763. The summed E-state index contributed by atoms with van der Waals surface area (Å²) in [5.41, 5.74) is 11.2. The zero-order chi connectivity index (χ0) is 13.4. The van der Waals surface area contributed by atoms with E-state index in [-0.39, 0.29) is 0 Å². The minimum Gasteiger partial charge on any atom is -0.399 e. The van der Waals surface area contributed by atoms with Crippen molar-refractivity contribution in [2.75, 3.05) is 5.73 Å². The topological polar surface area (TPSA) is 43.3 Å². The number of hydrogen-bond acceptors (Lipinski definition) is 2. The first-order valence-electron chi connectivity index (χ1n) is 6.52. The maximum Gasteiger partial charge on any atom is 0.110 e. The highest BCUT2D eigenvalue weighted by atomic mass is 15.0. The Morgan fingerprint density at radius 1 is 1.16 bits per heavy atom. The van der Waals surface area contributed by atoms with E-state index in [2.05, 4.69) is 40.6 Å². The highest BCUT2D eigenvalue weighted by Crippen LogP contribution is 2.26. The van der Waals surface area contributed by atoms with Gasteiger partial charge in [0.1, 0.15) is 5.82 Å². The van der Waals surface area contributed by atoms with E-state index in [0.717, 1.165) is 34.7 Å². The molecule has 2 N–H and O–H groups in total. The summed E-state index contributed by atoms with van der Waals surface area (Å²) in [4.78, 5) is 4.66. The van der Waals surface area contributed by atoms with Gasteiger partial charge in [0, 0.05) is 17.4 Å². The third-order valence-electron chi connectivity index (χ3n) is 3.48. The lowest BCUT2D eigenvalue weighted by molar-refractivity contribution is 1.05. The number of nitrogens with two attached hydrogens (primary N) is 1. The first kappa shape index (κ1) is 11.8. The predicted molar refractivity (Wildman–Crippen MR) is 79.2 cm³/mol. The van der Waals surface area contributed by atoms with Crippen LogP contribution in [0.4, 0.5) is 5.69 Å². The van der Waals surface area contributed by atoms with Crippen LogP contribution in [0.25, 0.3) is 16.8 Å². The molecule has 3 nitrogen and oxygen atoms in total. The molecule has 0 bridgehead atoms. The van der Waals surface area contributed by atoms with Gasteiger partial charge in [-0.25, -0.2) is 4.98 Å². The number of aryl methyl sites for hydroxylation is 2. The third-order valence-corrected chi connectivity index (χ3v) is 3.48. The molecule has 1 aromatic carbocycles. The number of nitrogen functional groups attached to an aromatic ring is 1. The Morgan fingerprint density at radius 2 is 1.89 bits per heavy atom. The molecule has 0 radical (unpaired) electrons. The van der Waals surface area contributed by atoms with Crippen LogP contribution < -0.4 is 5.73 Å². The number of hydrogen-bond donors (Lipinski definition) is 1. The van der Waals surface area contributed by atoms with Crippen LogP contribution in [-0.2, 0) is 6.42 Å². The van der Waals surface area contributed by atoms with Gasteiger partial charge in [-0.15, -0.1) is 0 Å². The summed E-state index contributed by atoms with van der Waals surface area (Å²) in [7, 11) is 0. The Labute approximate surface area is 112 Å². The lowest BCUT2D eigenvalue weighted by atomic mass is 10.1. The van der Waals surface area contributed by atoms with Crippen molar-refractivity contribution in [3.8, 4) is 11.3 Å². The Bertz CT molecular complexity index is 724. The molecule has 3 heteroatoms. The molecule has 0 spiro atoms. The largest absolute Gasteiger partial charge is 0.399 e. The number of benzene rings is 1. The van der Waals surface area contributed by atoms with E-state index in [4.69, 9.17) is 5.73 Å². The Hall–Kier alpha value is -2.29. The van der Waals surface area contributed by atoms with Gasteiger partial charge in [0.2, 0.25) is 0 Å². The monoisotopic (exact) mass is 251 g/mol. The van der Waals surface area contributed by atoms with Crippen LogP contribution >= 0.6 is 0 Å². The lowest BCUT2D eigenvalue weighted by Gasteiger charge is -2.02. The summed E-state index contributed by atoms with van der Waals surface area (Å²) in [6.07, 6.45) is 3.02. The van der Waals surface area contributed by atoms with Crippen LogP contribution in [0.1, 0.15) is 18.3 Å². The maximum absolute atomic E-state index is 5.88. The van der Waals surface area contributed by atoms with E-state index in [0.29, 0.717) is 0 Å². The predicted octanol–water partition coefficient (Wildman–Crippen LogP) is 3.45. The third kappa shape index (κ3) is 1.97. The van der Waals surface area contributed by atoms with Gasteiger partial charge in [0.05, 0.1) is 11.2 Å². The Kier molecular flexibility index (Phi) is 2.75. The van der Waals surface area contributed by atoms with Crippen molar-refractivity contribution in [1.29, 1.82) is 0 Å². The average molecular weight is 251 g/mol. The van der Waals surface area contributed by atoms with Gasteiger partial charge in [-0.05, 0) is 31.0 Å². The second kappa shape index (κ2) is 4.43. The number of anilines is 1. The van der Waals surface area contributed by atoms with E-state index in [9.17, 15) is 0 Å². The van der Waals surface area contributed by atoms with Gasteiger partial charge < -0.3 is 10.1 Å². The van der Waals surface area contributed by atoms with E-state index in [1.165, 1.54) is 5.56 Å². The smallest absolute Gasteiger partial charge is 0.110 e. The first-order valence-corrected chi connectivity index (χ1v) is 6.52. The fourth-order valence-corrected chi connectivity index (χ4v) is 2.36. The number of imidazole rings is 1. The van der Waals surface area contributed by atoms with Crippen molar-refractivity contribution in [2.24, 2.45) is 0 Å². The fraction of sp³-hybridized carbons (Fsp3) is 0.188. The number of aromatic nitrogens is 2. The molecule has 0 saturated heterocycles. The van der Waals surface area contributed by atoms with Gasteiger partial charge in [0.25, 0.3) is 0 Å². The SMILES string of the molecule is CCc1ccc(-c2nc(C)n3ccc(N)cc23)cc1. The number of fused-ring (bicyclic) bond motifs is 1. The molecule has 0 unspecified atom stereocenters. The number of rotatable bonds is 2. The van der Waals surface area contributed by atoms with E-state index >= 15 is 0 Å². The normalized spacial score (nSPS) is 11.1. The molecule has 0 aliphatic rings. The maximum atomic E-state index is 5.88. The van der Waals surface area contributed by atoms with E-state index < -0.39 is 0 Å². The molecule has 0 atom stereocenters. The molecule has 0 amide bonds. The van der Waals surface area contributed by atoms with Gasteiger partial charge in [0.15, 0.2) is 0 Å². The van der Waals surface area contributed by atoms with Crippen molar-refractivity contribution in [3.63, 3.8) is 0 Å². The zero-order valence-electron chi connectivity index (χ0n) is 11.2. The first-order chi connectivity index (χ1) is 9.19. The van der Waals surface area contributed by atoms with Crippen LogP contribution in [0.15, 0.2) is 42.6 Å². The summed E-state index contributed by atoms with van der Waals surface area (Å²) < 4.78 is 2.07. The van der Waals surface area contributed by atoms with Crippen molar-refractivity contribution >= 4 is 11.2 Å². The molecule has 3 aromatic rings. The summed E-state index contributed by atoms with van der Waals surface area (Å²) in [6, 6.07) is 12.4. The molecule has 19 heavy (non-hydrogen) atoms. The van der Waals surface area contributed by atoms with Crippen LogP contribution in [0, 0.1) is 6.92 Å². The van der Waals surface area contributed by atoms with Crippen molar-refractivity contribution in [2.45, 2.75) is 20.3 Å². The highest BCUT2D eigenvalue weighted by molar-refractivity contribution is 5.79. The summed E-state index contributed by atoms with van der Waals surface area (Å²) in [5.74, 6) is 0.976. The summed E-state index contributed by atoms with van der Waals surface area (Å²) in [5, 5.41) is 0. The highest BCUT2D eigenvalue weighted by Gasteiger charge is 2.10. The van der Waals surface area contributed by atoms with E-state index in [1.807, 2.05) is 25.3 Å². The zero-order valence-corrected chi connectivity index (χ0v) is 11.2. The summed E-state index contributed by atoms with van der Waals surface area (Å²) in [6.45, 7) is 4.17. The molecule has 0 saturated carbocycles. The summed E-state index contributed by atoms with van der Waals surface area (Å²) >= 11 is 0. The minimum atomic E-state index is 0.763. The Balaban J connectivity index is 2.20. The number of pyridine rings is 1. The van der Waals surface area contributed by atoms with Crippen molar-refractivity contribution in [3.05, 3.63) is 54.0 Å². The number of nitrogens with zero attached hydrogens (tertiary/aromatic N) is 2. The van der Waals surface area contributed by atoms with Gasteiger partial charge in [-0.2, -0.15) is 0 Å².